The molecule has 0 saturated carbocycles. The van der Waals surface area contributed by atoms with Crippen LogP contribution in [0.2, 0.25) is 0 Å². The molecule has 2 N–H and O–H groups in total. The van der Waals surface area contributed by atoms with E-state index in [4.69, 9.17) is 15.7 Å². The largest absolute Gasteiger partial charge is 0.439 e. The average Bonchev–Trinajstić information content (AvgIpc) is 2.34. The lowest BCUT2D eigenvalue weighted by Crippen LogP contribution is -1.94. The van der Waals surface area contributed by atoms with Gasteiger partial charge in [-0.25, -0.2) is 4.98 Å². The number of nitrogens with two attached hydrogens (primary N) is 1. The lowest BCUT2D eigenvalue weighted by Gasteiger charge is -2.06. The molecule has 0 saturated heterocycles. The number of aryl methyl sites for hydroxylation is 1. The predicted molar refractivity (Wildman–Crippen MR) is 64.6 cm³/mol. The number of aromatic nitrogens is 1. The Morgan fingerprint density at radius 1 is 1.35 bits per heavy atom. The van der Waals surface area contributed by atoms with Gasteiger partial charge >= 0.3 is 0 Å². The number of anilines is 1. The monoisotopic (exact) mass is 225 g/mol. The fourth-order valence-corrected chi connectivity index (χ4v) is 1.35. The summed E-state index contributed by atoms with van der Waals surface area (Å²) >= 11 is 0. The molecular formula is C13H11N3O. The number of ether oxygens (including phenoxy) is 1. The van der Waals surface area contributed by atoms with Crippen LogP contribution in [0.3, 0.4) is 0 Å². The number of nitrogen functional groups attached to an aromatic ring is 1. The van der Waals surface area contributed by atoms with Crippen molar-refractivity contribution in [3.8, 4) is 17.7 Å². The minimum atomic E-state index is 0.465. The predicted octanol–water partition coefficient (Wildman–Crippen LogP) is 2.64. The Morgan fingerprint density at radius 3 is 2.88 bits per heavy atom. The molecule has 0 fully saturated rings. The maximum Gasteiger partial charge on any atom is 0.219 e. The van der Waals surface area contributed by atoms with Crippen LogP contribution in [0.5, 0.6) is 11.6 Å². The van der Waals surface area contributed by atoms with Gasteiger partial charge in [-0.3, -0.25) is 0 Å². The normalized spacial score (nSPS) is 9.65. The molecule has 0 bridgehead atoms. The van der Waals surface area contributed by atoms with Crippen LogP contribution in [0.1, 0.15) is 11.1 Å². The van der Waals surface area contributed by atoms with E-state index in [0.29, 0.717) is 22.9 Å². The highest BCUT2D eigenvalue weighted by Gasteiger charge is 2.02. The van der Waals surface area contributed by atoms with E-state index < -0.39 is 0 Å². The van der Waals surface area contributed by atoms with E-state index in [1.165, 1.54) is 0 Å². The first-order chi connectivity index (χ1) is 8.19. The minimum Gasteiger partial charge on any atom is -0.439 e. The van der Waals surface area contributed by atoms with Crippen LogP contribution in [-0.4, -0.2) is 4.98 Å². The molecular weight excluding hydrogens is 214 g/mol. The summed E-state index contributed by atoms with van der Waals surface area (Å²) in [5.41, 5.74) is 7.75. The summed E-state index contributed by atoms with van der Waals surface area (Å²) < 4.78 is 5.54. The molecule has 17 heavy (non-hydrogen) atoms. The topological polar surface area (TPSA) is 71.9 Å². The van der Waals surface area contributed by atoms with Crippen LogP contribution in [0.25, 0.3) is 0 Å². The van der Waals surface area contributed by atoms with Crippen LogP contribution in [0, 0.1) is 18.3 Å². The highest BCUT2D eigenvalue weighted by molar-refractivity contribution is 5.46. The highest BCUT2D eigenvalue weighted by Crippen LogP contribution is 2.22. The first-order valence-corrected chi connectivity index (χ1v) is 5.09. The number of hydrogen-bond acceptors (Lipinski definition) is 4. The Kier molecular flexibility index (Phi) is 2.93. The Morgan fingerprint density at radius 2 is 2.18 bits per heavy atom. The summed E-state index contributed by atoms with van der Waals surface area (Å²) in [5, 5.41) is 8.77. The van der Waals surface area contributed by atoms with Crippen LogP contribution in [0.4, 0.5) is 5.69 Å². The third-order valence-corrected chi connectivity index (χ3v) is 2.31. The van der Waals surface area contributed by atoms with Gasteiger partial charge in [0.1, 0.15) is 5.75 Å². The van der Waals surface area contributed by atoms with Crippen molar-refractivity contribution in [1.82, 2.24) is 4.98 Å². The van der Waals surface area contributed by atoms with Gasteiger partial charge < -0.3 is 10.5 Å². The summed E-state index contributed by atoms with van der Waals surface area (Å²) in [5.74, 6) is 1.05. The first kappa shape index (κ1) is 11.0. The Balaban J connectivity index is 2.25. The molecule has 84 valence electrons. The molecule has 0 spiro atoms. The van der Waals surface area contributed by atoms with Crippen molar-refractivity contribution < 1.29 is 4.74 Å². The molecule has 1 aromatic carbocycles. The standard InChI is InChI=1S/C13H11N3O/c1-9-5-13(16-8-12(9)15)17-11-4-2-3-10(6-11)7-14/h2-6,8H,15H2,1H3. The zero-order valence-corrected chi connectivity index (χ0v) is 9.34. The molecule has 1 heterocycles. The Bertz CT molecular complexity index is 587. The van der Waals surface area contributed by atoms with E-state index in [1.807, 2.05) is 6.92 Å². The Labute approximate surface area is 99.3 Å². The zero-order chi connectivity index (χ0) is 12.3. The van der Waals surface area contributed by atoms with Gasteiger partial charge in [0, 0.05) is 6.07 Å². The molecule has 0 atom stereocenters. The van der Waals surface area contributed by atoms with Crippen molar-refractivity contribution in [2.45, 2.75) is 6.92 Å². The van der Waals surface area contributed by atoms with E-state index in [-0.39, 0.29) is 0 Å². The number of nitrogens with zero attached hydrogens (tertiary/aromatic N) is 2. The molecule has 0 amide bonds. The van der Waals surface area contributed by atoms with Crippen molar-refractivity contribution in [2.24, 2.45) is 0 Å². The number of benzene rings is 1. The summed E-state index contributed by atoms with van der Waals surface area (Å²) in [6, 6.07) is 10.7. The van der Waals surface area contributed by atoms with Gasteiger partial charge in [0.2, 0.25) is 5.88 Å². The van der Waals surface area contributed by atoms with E-state index in [1.54, 1.807) is 36.5 Å². The summed E-state index contributed by atoms with van der Waals surface area (Å²) in [6.45, 7) is 1.88. The molecule has 0 aliphatic heterocycles. The number of nitriles is 1. The third-order valence-electron chi connectivity index (χ3n) is 2.31. The zero-order valence-electron chi connectivity index (χ0n) is 9.34. The molecule has 2 rings (SSSR count). The van der Waals surface area contributed by atoms with Crippen molar-refractivity contribution in [3.63, 3.8) is 0 Å². The number of rotatable bonds is 2. The number of pyridine rings is 1. The summed E-state index contributed by atoms with van der Waals surface area (Å²) in [7, 11) is 0. The maximum absolute atomic E-state index is 8.77. The van der Waals surface area contributed by atoms with Gasteiger partial charge in [-0.2, -0.15) is 5.26 Å². The summed E-state index contributed by atoms with van der Waals surface area (Å²) in [4.78, 5) is 4.06. The van der Waals surface area contributed by atoms with Crippen molar-refractivity contribution >= 4 is 5.69 Å². The second-order valence-electron chi connectivity index (χ2n) is 3.62. The highest BCUT2D eigenvalue weighted by atomic mass is 16.5. The molecule has 1 aromatic heterocycles. The lowest BCUT2D eigenvalue weighted by atomic mass is 10.2. The van der Waals surface area contributed by atoms with E-state index in [0.717, 1.165) is 5.56 Å². The second kappa shape index (κ2) is 4.54. The molecule has 0 aliphatic rings. The van der Waals surface area contributed by atoms with Crippen molar-refractivity contribution in [1.29, 1.82) is 5.26 Å². The van der Waals surface area contributed by atoms with Crippen molar-refractivity contribution in [3.05, 3.63) is 47.7 Å². The van der Waals surface area contributed by atoms with Crippen LogP contribution in [-0.2, 0) is 0 Å². The summed E-state index contributed by atoms with van der Waals surface area (Å²) in [6.07, 6.45) is 1.55. The SMILES string of the molecule is Cc1cc(Oc2cccc(C#N)c2)ncc1N. The molecule has 4 nitrogen and oxygen atoms in total. The molecule has 0 unspecified atom stereocenters. The van der Waals surface area contributed by atoms with E-state index in [2.05, 4.69) is 11.1 Å². The fraction of sp³-hybridized carbons (Fsp3) is 0.0769. The fourth-order valence-electron chi connectivity index (χ4n) is 1.35. The average molecular weight is 225 g/mol. The second-order valence-corrected chi connectivity index (χ2v) is 3.62. The third kappa shape index (κ3) is 2.52. The number of hydrogen-bond donors (Lipinski definition) is 1. The van der Waals surface area contributed by atoms with Crippen LogP contribution >= 0.6 is 0 Å². The minimum absolute atomic E-state index is 0.465. The Hall–Kier alpha value is -2.54. The van der Waals surface area contributed by atoms with Crippen molar-refractivity contribution in [2.75, 3.05) is 5.73 Å². The van der Waals surface area contributed by atoms with Gasteiger partial charge in [0.15, 0.2) is 0 Å². The van der Waals surface area contributed by atoms with Gasteiger partial charge in [0.05, 0.1) is 23.5 Å². The van der Waals surface area contributed by atoms with Gasteiger partial charge in [0.25, 0.3) is 0 Å². The van der Waals surface area contributed by atoms with E-state index in [9.17, 15) is 0 Å². The first-order valence-electron chi connectivity index (χ1n) is 5.09. The van der Waals surface area contributed by atoms with Crippen LogP contribution in [0.15, 0.2) is 36.5 Å². The maximum atomic E-state index is 8.77. The molecule has 2 aromatic rings. The smallest absolute Gasteiger partial charge is 0.219 e. The molecule has 0 aliphatic carbocycles. The lowest BCUT2D eigenvalue weighted by molar-refractivity contribution is 0.462. The van der Waals surface area contributed by atoms with Gasteiger partial charge in [-0.15, -0.1) is 0 Å². The van der Waals surface area contributed by atoms with Gasteiger partial charge in [-0.1, -0.05) is 6.07 Å². The van der Waals surface area contributed by atoms with Gasteiger partial charge in [-0.05, 0) is 30.7 Å². The molecule has 4 heteroatoms. The quantitative estimate of drug-likeness (QED) is 0.852. The van der Waals surface area contributed by atoms with E-state index >= 15 is 0 Å². The molecule has 0 radical (unpaired) electrons. The van der Waals surface area contributed by atoms with Crippen LogP contribution < -0.4 is 10.5 Å².